The minimum absolute atomic E-state index is 0.0205. The number of carbonyl (C=O) groups excluding carboxylic acids is 1. The molecule has 0 radical (unpaired) electrons. The number of hydrogen-bond acceptors (Lipinski definition) is 3. The zero-order chi connectivity index (χ0) is 11.7. The average Bonchev–Trinajstić information content (AvgIpc) is 2.87. The Kier molecular flexibility index (Phi) is 2.96. The molecule has 5 nitrogen and oxygen atoms in total. The summed E-state index contributed by atoms with van der Waals surface area (Å²) in [6.07, 6.45) is 1.01. The molecule has 0 aromatic carbocycles. The van der Waals surface area contributed by atoms with Crippen LogP contribution in [-0.4, -0.2) is 28.3 Å². The first-order valence-electron chi connectivity index (χ1n) is 5.60. The fourth-order valence-corrected chi connectivity index (χ4v) is 1.91. The second-order valence-electron chi connectivity index (χ2n) is 4.49. The Balaban J connectivity index is 1.86. The van der Waals surface area contributed by atoms with Gasteiger partial charge < -0.3 is 11.1 Å². The highest BCUT2D eigenvalue weighted by molar-refractivity contribution is 5.76. The lowest BCUT2D eigenvalue weighted by molar-refractivity contribution is -0.122. The first-order chi connectivity index (χ1) is 7.60. The van der Waals surface area contributed by atoms with E-state index >= 15 is 0 Å². The Morgan fingerprint density at radius 2 is 2.44 bits per heavy atom. The summed E-state index contributed by atoms with van der Waals surface area (Å²) >= 11 is 0. The fourth-order valence-electron chi connectivity index (χ4n) is 1.91. The van der Waals surface area contributed by atoms with E-state index in [2.05, 4.69) is 10.4 Å². The Hall–Kier alpha value is -1.36. The Morgan fingerprint density at radius 1 is 1.69 bits per heavy atom. The van der Waals surface area contributed by atoms with Crippen LogP contribution < -0.4 is 11.1 Å². The van der Waals surface area contributed by atoms with Crippen molar-refractivity contribution in [2.75, 3.05) is 6.54 Å². The van der Waals surface area contributed by atoms with Crippen LogP contribution in [0.15, 0.2) is 6.07 Å². The van der Waals surface area contributed by atoms with Crippen LogP contribution in [0.4, 0.5) is 0 Å². The van der Waals surface area contributed by atoms with Crippen LogP contribution in [-0.2, 0) is 11.3 Å². The van der Waals surface area contributed by atoms with Crippen molar-refractivity contribution < 1.29 is 4.79 Å². The van der Waals surface area contributed by atoms with Gasteiger partial charge in [0, 0.05) is 11.7 Å². The zero-order valence-corrected chi connectivity index (χ0v) is 9.73. The van der Waals surface area contributed by atoms with Crippen LogP contribution in [0.5, 0.6) is 0 Å². The maximum atomic E-state index is 11.7. The van der Waals surface area contributed by atoms with Crippen molar-refractivity contribution in [2.24, 2.45) is 11.7 Å². The van der Waals surface area contributed by atoms with E-state index in [9.17, 15) is 4.79 Å². The van der Waals surface area contributed by atoms with Crippen LogP contribution in [0.25, 0.3) is 0 Å². The summed E-state index contributed by atoms with van der Waals surface area (Å²) in [5.41, 5.74) is 7.47. The predicted molar refractivity (Wildman–Crippen MR) is 60.8 cm³/mol. The third kappa shape index (κ3) is 2.41. The number of hydrogen-bond donors (Lipinski definition) is 2. The van der Waals surface area contributed by atoms with Gasteiger partial charge in [-0.3, -0.25) is 9.48 Å². The molecule has 1 fully saturated rings. The summed E-state index contributed by atoms with van der Waals surface area (Å²) in [6, 6.07) is 2.25. The number of carbonyl (C=O) groups is 1. The third-order valence-electron chi connectivity index (χ3n) is 2.97. The number of nitrogens with one attached hydrogen (secondary N) is 1. The quantitative estimate of drug-likeness (QED) is 0.751. The van der Waals surface area contributed by atoms with E-state index in [-0.39, 0.29) is 11.9 Å². The number of amides is 1. The minimum Gasteiger partial charge on any atom is -0.351 e. The van der Waals surface area contributed by atoms with Gasteiger partial charge in [-0.05, 0) is 38.8 Å². The molecule has 0 aliphatic heterocycles. The lowest BCUT2D eigenvalue weighted by Gasteiger charge is -2.05. The van der Waals surface area contributed by atoms with Crippen molar-refractivity contribution in [1.82, 2.24) is 15.1 Å². The standard InChI is InChI=1S/C11H18N4O/c1-7-3-8(2)15(14-7)6-11(16)13-10-4-9(10)5-12/h3,9-10H,4-6,12H2,1-2H3,(H,13,16). The van der Waals surface area contributed by atoms with Gasteiger partial charge in [0.05, 0.1) is 5.69 Å². The summed E-state index contributed by atoms with van der Waals surface area (Å²) in [5, 5.41) is 7.21. The first kappa shape index (κ1) is 11.1. The topological polar surface area (TPSA) is 72.9 Å². The van der Waals surface area contributed by atoms with Gasteiger partial charge in [-0.2, -0.15) is 5.10 Å². The molecule has 1 aromatic heterocycles. The lowest BCUT2D eigenvalue weighted by atomic mass is 10.4. The van der Waals surface area contributed by atoms with Gasteiger partial charge in [0.2, 0.25) is 5.91 Å². The number of aromatic nitrogens is 2. The van der Waals surface area contributed by atoms with Crippen LogP contribution in [0.2, 0.25) is 0 Å². The molecule has 1 amide bonds. The minimum atomic E-state index is 0.0205. The van der Waals surface area contributed by atoms with Gasteiger partial charge in [-0.1, -0.05) is 0 Å². The smallest absolute Gasteiger partial charge is 0.241 e. The number of nitrogens with zero attached hydrogens (tertiary/aromatic N) is 2. The zero-order valence-electron chi connectivity index (χ0n) is 9.73. The van der Waals surface area contributed by atoms with Crippen molar-refractivity contribution >= 4 is 5.91 Å². The highest BCUT2D eigenvalue weighted by Crippen LogP contribution is 2.28. The maximum absolute atomic E-state index is 11.7. The molecule has 88 valence electrons. The molecule has 1 aliphatic rings. The van der Waals surface area contributed by atoms with E-state index in [1.54, 1.807) is 4.68 Å². The van der Waals surface area contributed by atoms with E-state index in [4.69, 9.17) is 5.73 Å². The van der Waals surface area contributed by atoms with Crippen molar-refractivity contribution in [3.8, 4) is 0 Å². The van der Waals surface area contributed by atoms with E-state index in [0.29, 0.717) is 19.0 Å². The fraction of sp³-hybridized carbons (Fsp3) is 0.636. The molecule has 0 spiro atoms. The largest absolute Gasteiger partial charge is 0.351 e. The molecule has 1 aromatic rings. The molecule has 5 heteroatoms. The van der Waals surface area contributed by atoms with E-state index in [1.165, 1.54) is 0 Å². The summed E-state index contributed by atoms with van der Waals surface area (Å²) in [7, 11) is 0. The Morgan fingerprint density at radius 3 is 2.94 bits per heavy atom. The lowest BCUT2D eigenvalue weighted by Crippen LogP contribution is -2.31. The predicted octanol–water partition coefficient (Wildman–Crippen LogP) is -0.0367. The van der Waals surface area contributed by atoms with E-state index in [1.807, 2.05) is 19.9 Å². The number of aryl methyl sites for hydroxylation is 2. The summed E-state index contributed by atoms with van der Waals surface area (Å²) < 4.78 is 1.73. The van der Waals surface area contributed by atoms with Crippen molar-refractivity contribution in [1.29, 1.82) is 0 Å². The molecule has 16 heavy (non-hydrogen) atoms. The molecular formula is C11H18N4O. The Labute approximate surface area is 95.0 Å². The summed E-state index contributed by atoms with van der Waals surface area (Å²) in [6.45, 7) is 4.83. The average molecular weight is 222 g/mol. The van der Waals surface area contributed by atoms with Crippen molar-refractivity contribution in [2.45, 2.75) is 32.9 Å². The molecule has 2 unspecified atom stereocenters. The second-order valence-corrected chi connectivity index (χ2v) is 4.49. The Bertz CT molecular complexity index is 399. The SMILES string of the molecule is Cc1cc(C)n(CC(=O)NC2CC2CN)n1. The van der Waals surface area contributed by atoms with E-state index in [0.717, 1.165) is 17.8 Å². The molecule has 1 saturated carbocycles. The molecule has 1 heterocycles. The molecule has 2 rings (SSSR count). The summed E-state index contributed by atoms with van der Waals surface area (Å²) in [5.74, 6) is 0.497. The third-order valence-corrected chi connectivity index (χ3v) is 2.97. The van der Waals surface area contributed by atoms with E-state index < -0.39 is 0 Å². The van der Waals surface area contributed by atoms with Gasteiger partial charge >= 0.3 is 0 Å². The highest BCUT2D eigenvalue weighted by atomic mass is 16.2. The van der Waals surface area contributed by atoms with Gasteiger partial charge in [0.15, 0.2) is 0 Å². The monoisotopic (exact) mass is 222 g/mol. The van der Waals surface area contributed by atoms with Gasteiger partial charge in [-0.25, -0.2) is 0 Å². The summed E-state index contributed by atoms with van der Waals surface area (Å²) in [4.78, 5) is 11.7. The molecule has 1 aliphatic carbocycles. The van der Waals surface area contributed by atoms with Gasteiger partial charge in [0.1, 0.15) is 6.54 Å². The van der Waals surface area contributed by atoms with Crippen LogP contribution in [0.3, 0.4) is 0 Å². The molecule has 0 bridgehead atoms. The maximum Gasteiger partial charge on any atom is 0.241 e. The second kappa shape index (κ2) is 4.25. The van der Waals surface area contributed by atoms with Crippen LogP contribution in [0, 0.1) is 19.8 Å². The van der Waals surface area contributed by atoms with Crippen LogP contribution in [0.1, 0.15) is 17.8 Å². The van der Waals surface area contributed by atoms with Gasteiger partial charge in [0.25, 0.3) is 0 Å². The molecular weight excluding hydrogens is 204 g/mol. The molecule has 3 N–H and O–H groups in total. The number of nitrogens with two attached hydrogens (primary N) is 1. The first-order valence-corrected chi connectivity index (χ1v) is 5.60. The highest BCUT2D eigenvalue weighted by Gasteiger charge is 2.36. The van der Waals surface area contributed by atoms with Crippen molar-refractivity contribution in [3.63, 3.8) is 0 Å². The normalized spacial score (nSPS) is 23.2. The van der Waals surface area contributed by atoms with Crippen LogP contribution >= 0.6 is 0 Å². The van der Waals surface area contributed by atoms with Gasteiger partial charge in [-0.15, -0.1) is 0 Å². The number of rotatable bonds is 4. The molecule has 0 saturated heterocycles. The molecule has 2 atom stereocenters. The van der Waals surface area contributed by atoms with Crippen molar-refractivity contribution in [3.05, 3.63) is 17.5 Å².